The number of hydrogen-bond acceptors (Lipinski definition) is 0. The van der Waals surface area contributed by atoms with Gasteiger partial charge in [0.15, 0.2) is 0 Å². The molecule has 1 aliphatic rings. The van der Waals surface area contributed by atoms with Crippen molar-refractivity contribution in [2.45, 2.75) is 0 Å². The van der Waals surface area contributed by atoms with E-state index in [1.807, 2.05) is 72.9 Å². The van der Waals surface area contributed by atoms with Crippen molar-refractivity contribution in [1.82, 2.24) is 0 Å². The molecule has 0 aliphatic heterocycles. The van der Waals surface area contributed by atoms with E-state index in [2.05, 4.69) is 48.0 Å². The molecule has 0 radical (unpaired) electrons. The van der Waals surface area contributed by atoms with Crippen molar-refractivity contribution >= 4 is 12.2 Å². The number of hydrogen-bond donors (Lipinski definition) is 0. The van der Waals surface area contributed by atoms with E-state index < -0.39 is 0 Å². The smallest absolute Gasteiger partial charge is 0.0327 e. The summed E-state index contributed by atoms with van der Waals surface area (Å²) < 4.78 is 0. The molecular weight excluding hydrogens is 288 g/mol. The Labute approximate surface area is 143 Å². The van der Waals surface area contributed by atoms with Crippen LogP contribution in [0.4, 0.5) is 0 Å². The summed E-state index contributed by atoms with van der Waals surface area (Å²) >= 11 is 0. The summed E-state index contributed by atoms with van der Waals surface area (Å²) in [5.41, 5.74) is 4.14. The Bertz CT molecular complexity index is 877. The van der Waals surface area contributed by atoms with Gasteiger partial charge in [0, 0.05) is 11.1 Å². The van der Waals surface area contributed by atoms with Gasteiger partial charge in [-0.3, -0.25) is 0 Å². The first kappa shape index (κ1) is 15.4. The topological polar surface area (TPSA) is 0 Å². The SMILES string of the molecule is C1#Cc2ccccc2\C=C/C=C\C=C\C=C\c2ccccc2C#C1. The fourth-order valence-electron chi connectivity index (χ4n) is 2.28. The molecule has 0 fully saturated rings. The fourth-order valence-corrected chi connectivity index (χ4v) is 2.28. The van der Waals surface area contributed by atoms with Gasteiger partial charge in [0.1, 0.15) is 0 Å². The zero-order valence-corrected chi connectivity index (χ0v) is 13.2. The van der Waals surface area contributed by atoms with Crippen molar-refractivity contribution in [2.24, 2.45) is 0 Å². The van der Waals surface area contributed by atoms with E-state index in [1.54, 1.807) is 0 Å². The van der Waals surface area contributed by atoms with Gasteiger partial charge in [-0.15, -0.1) is 0 Å². The highest BCUT2D eigenvalue weighted by Crippen LogP contribution is 2.11. The first-order chi connectivity index (χ1) is 11.9. The van der Waals surface area contributed by atoms with Crippen molar-refractivity contribution in [3.8, 4) is 23.7 Å². The number of allylic oxidation sites excluding steroid dienone is 6. The van der Waals surface area contributed by atoms with Gasteiger partial charge in [-0.1, -0.05) is 96.8 Å². The van der Waals surface area contributed by atoms with Crippen molar-refractivity contribution in [2.75, 3.05) is 0 Å². The standard InChI is InChI=1S/C24H16/c1-2-4-6-14-22-16-8-10-18-24(22)20-12-11-19-23-17-9-7-15-21(23)13-5-3-1/h1-10,13-18H/b2-1?,3-1-,4-2+,5-3?,6-4?,13-5-,14-6+,21-13?,22-14?. The molecule has 0 amide bonds. The summed E-state index contributed by atoms with van der Waals surface area (Å²) in [6.45, 7) is 0. The van der Waals surface area contributed by atoms with Crippen LogP contribution in [0.3, 0.4) is 0 Å². The lowest BCUT2D eigenvalue weighted by Gasteiger charge is -1.97. The molecule has 0 saturated carbocycles. The normalized spacial score (nSPS) is 17.7. The third-order valence-electron chi connectivity index (χ3n) is 3.49. The van der Waals surface area contributed by atoms with E-state index >= 15 is 0 Å². The molecule has 0 heteroatoms. The molecular formula is C24H16. The van der Waals surface area contributed by atoms with Gasteiger partial charge < -0.3 is 0 Å². The van der Waals surface area contributed by atoms with Crippen molar-refractivity contribution in [1.29, 1.82) is 0 Å². The van der Waals surface area contributed by atoms with Crippen LogP contribution in [-0.4, -0.2) is 0 Å². The zero-order valence-electron chi connectivity index (χ0n) is 13.2. The van der Waals surface area contributed by atoms with Crippen molar-refractivity contribution < 1.29 is 0 Å². The Balaban J connectivity index is 2.05. The summed E-state index contributed by atoms with van der Waals surface area (Å²) in [4.78, 5) is 0. The molecule has 1 aliphatic carbocycles. The lowest BCUT2D eigenvalue weighted by Crippen LogP contribution is -1.81. The third kappa shape index (κ3) is 4.26. The summed E-state index contributed by atoms with van der Waals surface area (Å²) in [5.74, 6) is 12.2. The minimum absolute atomic E-state index is 0.979. The van der Waals surface area contributed by atoms with Crippen LogP contribution in [-0.2, 0) is 0 Å². The van der Waals surface area contributed by atoms with E-state index in [1.165, 1.54) is 0 Å². The number of fused-ring (bicyclic) bond motifs is 2. The van der Waals surface area contributed by atoms with E-state index in [0.29, 0.717) is 0 Å². The Kier molecular flexibility index (Phi) is 5.29. The molecule has 24 heavy (non-hydrogen) atoms. The first-order valence-corrected chi connectivity index (χ1v) is 7.82. The lowest BCUT2D eigenvalue weighted by atomic mass is 10.1. The van der Waals surface area contributed by atoms with Crippen molar-refractivity contribution in [3.05, 3.63) is 107 Å². The average Bonchev–Trinajstić information content (AvgIpc) is 2.62. The second-order valence-corrected chi connectivity index (χ2v) is 5.16. The van der Waals surface area contributed by atoms with Crippen LogP contribution >= 0.6 is 0 Å². The molecule has 0 heterocycles. The Morgan fingerprint density at radius 2 is 0.875 bits per heavy atom. The van der Waals surface area contributed by atoms with Crippen molar-refractivity contribution in [3.63, 3.8) is 0 Å². The Morgan fingerprint density at radius 1 is 0.458 bits per heavy atom. The minimum atomic E-state index is 0.979. The minimum Gasteiger partial charge on any atom is -0.0623 e. The zero-order chi connectivity index (χ0) is 16.5. The summed E-state index contributed by atoms with van der Waals surface area (Å²) in [6.07, 6.45) is 16.2. The Morgan fingerprint density at radius 3 is 1.38 bits per heavy atom. The highest BCUT2D eigenvalue weighted by atomic mass is 14.0. The van der Waals surface area contributed by atoms with Gasteiger partial charge in [-0.25, -0.2) is 0 Å². The second-order valence-electron chi connectivity index (χ2n) is 5.16. The molecule has 2 aromatic rings. The lowest BCUT2D eigenvalue weighted by molar-refractivity contribution is 1.59. The van der Waals surface area contributed by atoms with Crippen LogP contribution in [0.5, 0.6) is 0 Å². The van der Waals surface area contributed by atoms with Crippen LogP contribution < -0.4 is 0 Å². The number of benzene rings is 2. The molecule has 0 saturated heterocycles. The van der Waals surface area contributed by atoms with Gasteiger partial charge in [-0.05, 0) is 35.1 Å². The third-order valence-corrected chi connectivity index (χ3v) is 3.49. The largest absolute Gasteiger partial charge is 0.0623 e. The van der Waals surface area contributed by atoms with Gasteiger partial charge in [0.05, 0.1) is 0 Å². The molecule has 2 aromatic carbocycles. The summed E-state index contributed by atoms with van der Waals surface area (Å²) in [5, 5.41) is 0. The molecule has 0 spiro atoms. The predicted octanol–water partition coefficient (Wildman–Crippen LogP) is 5.24. The van der Waals surface area contributed by atoms with Gasteiger partial charge in [-0.2, -0.15) is 0 Å². The molecule has 0 atom stereocenters. The summed E-state index contributed by atoms with van der Waals surface area (Å²) in [6, 6.07) is 16.1. The van der Waals surface area contributed by atoms with Crippen LogP contribution in [0.2, 0.25) is 0 Å². The quantitative estimate of drug-likeness (QED) is 0.584. The molecule has 0 bridgehead atoms. The summed E-state index contributed by atoms with van der Waals surface area (Å²) in [7, 11) is 0. The van der Waals surface area contributed by atoms with E-state index in [0.717, 1.165) is 22.3 Å². The molecule has 112 valence electrons. The highest BCUT2D eigenvalue weighted by Gasteiger charge is 1.94. The van der Waals surface area contributed by atoms with E-state index in [-0.39, 0.29) is 0 Å². The van der Waals surface area contributed by atoms with E-state index in [9.17, 15) is 0 Å². The maximum absolute atomic E-state index is 3.14. The molecule has 3 rings (SSSR count). The first-order valence-electron chi connectivity index (χ1n) is 7.82. The van der Waals surface area contributed by atoms with Crippen LogP contribution in [0, 0.1) is 23.7 Å². The molecule has 0 unspecified atom stereocenters. The van der Waals surface area contributed by atoms with Gasteiger partial charge in [0.2, 0.25) is 0 Å². The average molecular weight is 304 g/mol. The van der Waals surface area contributed by atoms with Crippen LogP contribution in [0.15, 0.2) is 85.0 Å². The van der Waals surface area contributed by atoms with Gasteiger partial charge in [0.25, 0.3) is 0 Å². The molecule has 0 aromatic heterocycles. The maximum atomic E-state index is 3.14. The van der Waals surface area contributed by atoms with Crippen LogP contribution in [0.25, 0.3) is 12.2 Å². The maximum Gasteiger partial charge on any atom is 0.0327 e. The second kappa shape index (κ2) is 8.23. The van der Waals surface area contributed by atoms with Crippen LogP contribution in [0.1, 0.15) is 22.3 Å². The predicted molar refractivity (Wildman–Crippen MR) is 103 cm³/mol. The fraction of sp³-hybridized carbons (Fsp3) is 0. The Hall–Kier alpha value is -3.48. The molecule has 0 N–H and O–H groups in total. The molecule has 0 nitrogen and oxygen atoms in total. The van der Waals surface area contributed by atoms with E-state index in [4.69, 9.17) is 0 Å². The van der Waals surface area contributed by atoms with Gasteiger partial charge >= 0.3 is 0 Å². The highest BCUT2D eigenvalue weighted by molar-refractivity contribution is 5.63. The monoisotopic (exact) mass is 304 g/mol. The number of rotatable bonds is 0.